The van der Waals surface area contributed by atoms with Crippen molar-refractivity contribution < 1.29 is 37.8 Å². The molecule has 2 radical (unpaired) electrons. The van der Waals surface area contributed by atoms with E-state index in [1.54, 1.807) is 37.4 Å². The van der Waals surface area contributed by atoms with Gasteiger partial charge in [-0.3, -0.25) is 24.6 Å². The zero-order valence-electron chi connectivity index (χ0n) is 32.9. The van der Waals surface area contributed by atoms with Gasteiger partial charge in [-0.05, 0) is 80.8 Å². The van der Waals surface area contributed by atoms with Crippen molar-refractivity contribution in [2.24, 2.45) is 0 Å². The molecular weight excluding hydrogens is 748 g/mol. The Morgan fingerprint density at radius 2 is 1.82 bits per heavy atom. The molecule has 0 aromatic heterocycles. The number of imide groups is 1. The number of amides is 4. The first-order valence-electron chi connectivity index (χ1n) is 19.2. The van der Waals surface area contributed by atoms with Crippen LogP contribution in [-0.2, 0) is 45.2 Å². The van der Waals surface area contributed by atoms with Crippen molar-refractivity contribution in [1.82, 2.24) is 20.0 Å². The summed E-state index contributed by atoms with van der Waals surface area (Å²) in [7, 11) is 1.79. The molecule has 0 bridgehead atoms. The zero-order chi connectivity index (χ0) is 40.7. The van der Waals surface area contributed by atoms with Crippen LogP contribution < -0.4 is 15.0 Å². The molecule has 0 aliphatic carbocycles. The molecule has 1 atom stereocenters. The van der Waals surface area contributed by atoms with Gasteiger partial charge < -0.3 is 28.9 Å². The summed E-state index contributed by atoms with van der Waals surface area (Å²) in [6.07, 6.45) is 0.422. The summed E-state index contributed by atoms with van der Waals surface area (Å²) < 4.78 is 32.6. The van der Waals surface area contributed by atoms with Gasteiger partial charge in [-0.1, -0.05) is 18.2 Å². The topological polar surface area (TPSA) is 145 Å². The maximum absolute atomic E-state index is 15.4. The SMILES string of the molecule is CN(CCOCCc1cc(N2CCN(Cc3ccc(COc4cccc5c4CN([C@H]4[Si]CCC(=O)NC4=O)C5=O)c(F)c3)CC2)ccc1C#N)C(=O)OC(C)(C)C. The number of rotatable bonds is 13. The number of hydrogen-bond acceptors (Lipinski definition) is 10. The number of carbonyl (C=O) groups excluding carboxylic acids is 4. The smallest absolute Gasteiger partial charge is 0.410 e. The van der Waals surface area contributed by atoms with Gasteiger partial charge in [0.1, 0.15) is 23.8 Å². The maximum atomic E-state index is 15.4. The maximum Gasteiger partial charge on any atom is 0.410 e. The summed E-state index contributed by atoms with van der Waals surface area (Å²) in [5, 5.41) is 12.1. The predicted octanol–water partition coefficient (Wildman–Crippen LogP) is 4.48. The third-order valence-corrected chi connectivity index (χ3v) is 11.6. The molecule has 2 fully saturated rings. The minimum Gasteiger partial charge on any atom is -0.488 e. The van der Waals surface area contributed by atoms with E-state index in [0.717, 1.165) is 43.0 Å². The fourth-order valence-electron chi connectivity index (χ4n) is 7.00. The van der Waals surface area contributed by atoms with Crippen molar-refractivity contribution in [2.45, 2.75) is 70.6 Å². The number of likely N-dealkylation sites (N-methyl/N-ethyl adjacent to an activating group) is 1. The Bertz CT molecular complexity index is 2030. The van der Waals surface area contributed by atoms with Gasteiger partial charge in [-0.2, -0.15) is 5.26 Å². The summed E-state index contributed by atoms with van der Waals surface area (Å²) in [5.74, 6) is -0.980. The summed E-state index contributed by atoms with van der Waals surface area (Å²) in [6.45, 7) is 10.5. The van der Waals surface area contributed by atoms with Gasteiger partial charge in [0.25, 0.3) is 5.91 Å². The first-order chi connectivity index (χ1) is 27.3. The number of nitrogens with zero attached hydrogens (tertiary/aromatic N) is 5. The minimum atomic E-state index is -0.712. The van der Waals surface area contributed by atoms with Crippen molar-refractivity contribution in [3.8, 4) is 11.8 Å². The lowest BCUT2D eigenvalue weighted by atomic mass is 10.0. The Morgan fingerprint density at radius 1 is 1.04 bits per heavy atom. The van der Waals surface area contributed by atoms with Crippen LogP contribution in [0.3, 0.4) is 0 Å². The molecule has 3 aromatic rings. The summed E-state index contributed by atoms with van der Waals surface area (Å²) in [4.78, 5) is 57.5. The summed E-state index contributed by atoms with van der Waals surface area (Å²) in [5.41, 5.74) is 3.62. The Balaban J connectivity index is 0.969. The van der Waals surface area contributed by atoms with Gasteiger partial charge in [0.05, 0.1) is 46.6 Å². The van der Waals surface area contributed by atoms with E-state index in [2.05, 4.69) is 27.3 Å². The van der Waals surface area contributed by atoms with Crippen molar-refractivity contribution >= 4 is 39.0 Å². The molecule has 4 amide bonds. The number of piperazine rings is 1. The van der Waals surface area contributed by atoms with Gasteiger partial charge in [-0.25, -0.2) is 9.18 Å². The molecule has 0 unspecified atom stereocenters. The molecule has 0 spiro atoms. The van der Waals surface area contributed by atoms with Crippen LogP contribution in [0.5, 0.6) is 5.75 Å². The second kappa shape index (κ2) is 18.3. The highest BCUT2D eigenvalue weighted by Crippen LogP contribution is 2.33. The molecule has 57 heavy (non-hydrogen) atoms. The number of ether oxygens (including phenoxy) is 3. The van der Waals surface area contributed by atoms with E-state index in [9.17, 15) is 24.4 Å². The average Bonchev–Trinajstić information content (AvgIpc) is 3.41. The van der Waals surface area contributed by atoms with Crippen LogP contribution in [0, 0.1) is 17.1 Å². The highest BCUT2D eigenvalue weighted by Gasteiger charge is 2.39. The van der Waals surface area contributed by atoms with Crippen molar-refractivity contribution in [3.63, 3.8) is 0 Å². The lowest BCUT2D eigenvalue weighted by Gasteiger charge is -2.36. The molecule has 0 saturated carbocycles. The van der Waals surface area contributed by atoms with E-state index in [4.69, 9.17) is 14.2 Å². The highest BCUT2D eigenvalue weighted by atomic mass is 28.2. The lowest BCUT2D eigenvalue weighted by molar-refractivity contribution is -0.131. The van der Waals surface area contributed by atoms with E-state index in [1.807, 2.05) is 39.0 Å². The Kier molecular flexibility index (Phi) is 13.3. The standard InChI is InChI=1S/C42H49FN6O7Si/c1-42(2,3)56-41(53)46(4)18-20-54-19-12-29-23-32(11-10-30(29)24-44)48-16-14-47(15-17-48)25-28-8-9-31(35(43)22-28)27-55-36-7-5-6-33-34(36)26-49(39(33)52)40-38(51)45-37(50)13-21-57-40/h5-11,22-23,40H,12-21,25-27H2,1-4H3,(H,45,50,51)/t40-/m0/s1. The molecule has 2 saturated heterocycles. The van der Waals surface area contributed by atoms with Crippen LogP contribution in [0.25, 0.3) is 0 Å². The quantitative estimate of drug-likeness (QED) is 0.150. The Hall–Kier alpha value is -5.30. The molecule has 1 N–H and O–H groups in total. The summed E-state index contributed by atoms with van der Waals surface area (Å²) in [6, 6.07) is 19.0. The molecule has 13 nitrogen and oxygen atoms in total. The van der Waals surface area contributed by atoms with E-state index in [-0.39, 0.29) is 46.7 Å². The van der Waals surface area contributed by atoms with E-state index >= 15 is 4.39 Å². The third-order valence-electron chi connectivity index (χ3n) is 10.1. The Morgan fingerprint density at radius 3 is 2.56 bits per heavy atom. The van der Waals surface area contributed by atoms with Crippen LogP contribution in [0.1, 0.15) is 65.4 Å². The summed E-state index contributed by atoms with van der Waals surface area (Å²) >= 11 is 0. The molecule has 3 heterocycles. The van der Waals surface area contributed by atoms with Crippen molar-refractivity contribution in [1.29, 1.82) is 5.26 Å². The van der Waals surface area contributed by atoms with Crippen LogP contribution >= 0.6 is 0 Å². The van der Waals surface area contributed by atoms with Gasteiger partial charge in [0.2, 0.25) is 11.8 Å². The largest absolute Gasteiger partial charge is 0.488 e. The van der Waals surface area contributed by atoms with E-state index in [1.165, 1.54) is 9.80 Å². The minimum absolute atomic E-state index is 0.0280. The number of benzene rings is 3. The number of hydrogen-bond donors (Lipinski definition) is 1. The molecule has 3 aromatic carbocycles. The number of nitriles is 1. The number of carbonyl (C=O) groups is 4. The van der Waals surface area contributed by atoms with E-state index < -0.39 is 23.3 Å². The van der Waals surface area contributed by atoms with Gasteiger partial charge in [-0.15, -0.1) is 0 Å². The monoisotopic (exact) mass is 796 g/mol. The fraction of sp³-hybridized carbons (Fsp3) is 0.452. The number of nitrogens with one attached hydrogen (secondary N) is 1. The average molecular weight is 797 g/mol. The van der Waals surface area contributed by atoms with Gasteiger partial charge in [0, 0.05) is 75.1 Å². The van der Waals surface area contributed by atoms with Crippen LogP contribution in [0.2, 0.25) is 6.04 Å². The van der Waals surface area contributed by atoms with Crippen LogP contribution in [0.4, 0.5) is 14.9 Å². The lowest BCUT2D eigenvalue weighted by Crippen LogP contribution is -2.49. The number of anilines is 1. The zero-order valence-corrected chi connectivity index (χ0v) is 33.9. The molecule has 15 heteroatoms. The number of fused-ring (bicyclic) bond motifs is 1. The molecule has 3 aliphatic heterocycles. The highest BCUT2D eigenvalue weighted by molar-refractivity contribution is 6.46. The molecule has 6 rings (SSSR count). The van der Waals surface area contributed by atoms with Crippen LogP contribution in [0.15, 0.2) is 54.6 Å². The first-order valence-corrected chi connectivity index (χ1v) is 20.5. The molecular formula is C42H49FN6O7Si. The van der Waals surface area contributed by atoms with Crippen molar-refractivity contribution in [3.05, 3.63) is 93.8 Å². The van der Waals surface area contributed by atoms with Gasteiger partial charge in [0.15, 0.2) is 0 Å². The van der Waals surface area contributed by atoms with Crippen molar-refractivity contribution in [2.75, 3.05) is 57.9 Å². The second-order valence-corrected chi connectivity index (χ2v) is 16.9. The molecule has 300 valence electrons. The molecule has 3 aliphatic rings. The predicted molar refractivity (Wildman–Crippen MR) is 211 cm³/mol. The Labute approximate surface area is 335 Å². The van der Waals surface area contributed by atoms with Crippen LogP contribution in [-0.4, -0.2) is 112 Å². The van der Waals surface area contributed by atoms with Gasteiger partial charge >= 0.3 is 6.09 Å². The van der Waals surface area contributed by atoms with E-state index in [0.29, 0.717) is 66.8 Å². The first kappa shape index (κ1) is 41.3. The third kappa shape index (κ3) is 10.6. The second-order valence-electron chi connectivity index (χ2n) is 15.4. The number of halogens is 1. The fourth-order valence-corrected chi connectivity index (χ4v) is 8.33. The normalized spacial score (nSPS) is 17.5.